The Morgan fingerprint density at radius 2 is 2.11 bits per heavy atom. The lowest BCUT2D eigenvalue weighted by atomic mass is 9.82. The van der Waals surface area contributed by atoms with Gasteiger partial charge in [0, 0.05) is 18.8 Å². The Bertz CT molecular complexity index is 659. The summed E-state index contributed by atoms with van der Waals surface area (Å²) in [6.07, 6.45) is 9.89. The van der Waals surface area contributed by atoms with E-state index in [-0.39, 0.29) is 11.6 Å². The van der Waals surface area contributed by atoms with E-state index in [1.54, 1.807) is 7.11 Å². The minimum atomic E-state index is -0.500. The number of ether oxygens (including phenoxy) is 1. The van der Waals surface area contributed by atoms with Crippen molar-refractivity contribution in [2.75, 3.05) is 12.4 Å². The van der Waals surface area contributed by atoms with E-state index in [0.29, 0.717) is 35.6 Å². The van der Waals surface area contributed by atoms with Crippen molar-refractivity contribution in [3.63, 3.8) is 0 Å². The summed E-state index contributed by atoms with van der Waals surface area (Å²) < 4.78 is 5.46. The first kappa shape index (κ1) is 20.0. The molecule has 1 aromatic rings. The standard InChI is InChI=1S/C20H32N4O3/c1-20(8-6-15(27-2)7-9-20)24-19-22-12-16(18(21)26)17(23-19)11-13-4-3-5-14(25)10-13/h12-15,25H,3-11H2,1-2H3,(H2,21,26)(H,22,23,24)/t13?,14-,15?,20?/m0/s1. The fourth-order valence-corrected chi connectivity index (χ4v) is 4.42. The minimum absolute atomic E-state index is 0.0818. The molecule has 0 radical (unpaired) electrons. The van der Waals surface area contributed by atoms with E-state index in [1.165, 1.54) is 6.20 Å². The van der Waals surface area contributed by atoms with Gasteiger partial charge in [-0.25, -0.2) is 9.97 Å². The van der Waals surface area contributed by atoms with Crippen molar-refractivity contribution in [2.24, 2.45) is 11.7 Å². The maximum Gasteiger partial charge on any atom is 0.252 e. The number of hydrogen-bond donors (Lipinski definition) is 3. The van der Waals surface area contributed by atoms with Crippen molar-refractivity contribution in [2.45, 2.75) is 82.5 Å². The van der Waals surface area contributed by atoms with Crippen LogP contribution in [0.4, 0.5) is 5.95 Å². The van der Waals surface area contributed by atoms with Crippen LogP contribution in [0.1, 0.15) is 74.3 Å². The van der Waals surface area contributed by atoms with Gasteiger partial charge in [0.2, 0.25) is 5.95 Å². The first-order valence-corrected chi connectivity index (χ1v) is 10.0. The third-order valence-electron chi connectivity index (χ3n) is 6.15. The van der Waals surface area contributed by atoms with Crippen LogP contribution in [-0.4, -0.2) is 45.8 Å². The molecule has 2 fully saturated rings. The Morgan fingerprint density at radius 1 is 1.37 bits per heavy atom. The normalized spacial score (nSPS) is 31.4. The molecule has 1 heterocycles. The zero-order valence-electron chi connectivity index (χ0n) is 16.4. The van der Waals surface area contributed by atoms with E-state index in [1.807, 2.05) is 0 Å². The molecule has 7 nitrogen and oxygen atoms in total. The smallest absolute Gasteiger partial charge is 0.252 e. The molecule has 0 bridgehead atoms. The van der Waals surface area contributed by atoms with Crippen LogP contribution in [0, 0.1) is 5.92 Å². The highest BCUT2D eigenvalue weighted by Gasteiger charge is 2.32. The molecule has 0 aliphatic heterocycles. The van der Waals surface area contributed by atoms with Crippen LogP contribution >= 0.6 is 0 Å². The Morgan fingerprint density at radius 3 is 2.74 bits per heavy atom. The topological polar surface area (TPSA) is 110 Å². The molecule has 27 heavy (non-hydrogen) atoms. The number of carbonyl (C=O) groups is 1. The highest BCUT2D eigenvalue weighted by molar-refractivity contribution is 5.93. The Kier molecular flexibility index (Phi) is 6.32. The summed E-state index contributed by atoms with van der Waals surface area (Å²) in [4.78, 5) is 20.8. The van der Waals surface area contributed by atoms with Crippen molar-refractivity contribution in [1.82, 2.24) is 9.97 Å². The Balaban J connectivity index is 1.74. The number of aliphatic hydroxyl groups is 1. The Labute approximate surface area is 161 Å². The number of anilines is 1. The average molecular weight is 377 g/mol. The molecule has 0 spiro atoms. The molecule has 3 rings (SSSR count). The van der Waals surface area contributed by atoms with Crippen LogP contribution in [0.25, 0.3) is 0 Å². The number of nitrogens with one attached hydrogen (secondary N) is 1. The number of aromatic nitrogens is 2. The third-order valence-corrected chi connectivity index (χ3v) is 6.15. The molecule has 1 amide bonds. The van der Waals surface area contributed by atoms with Gasteiger partial charge in [-0.1, -0.05) is 6.42 Å². The second-order valence-electron chi connectivity index (χ2n) is 8.43. The molecule has 1 unspecified atom stereocenters. The number of primary amides is 1. The molecule has 0 aromatic carbocycles. The fraction of sp³-hybridized carbons (Fsp3) is 0.750. The molecule has 4 N–H and O–H groups in total. The highest BCUT2D eigenvalue weighted by atomic mass is 16.5. The van der Waals surface area contributed by atoms with Gasteiger partial charge in [0.05, 0.1) is 23.5 Å². The molecular formula is C20H32N4O3. The van der Waals surface area contributed by atoms with E-state index in [0.717, 1.165) is 51.4 Å². The summed E-state index contributed by atoms with van der Waals surface area (Å²) >= 11 is 0. The molecule has 2 atom stereocenters. The number of nitrogens with zero attached hydrogens (tertiary/aromatic N) is 2. The molecule has 2 aliphatic rings. The van der Waals surface area contributed by atoms with Gasteiger partial charge in [-0.15, -0.1) is 0 Å². The lowest BCUT2D eigenvalue weighted by molar-refractivity contribution is 0.0563. The summed E-state index contributed by atoms with van der Waals surface area (Å²) in [5, 5.41) is 13.4. The van der Waals surface area contributed by atoms with Gasteiger partial charge in [0.15, 0.2) is 0 Å². The lowest BCUT2D eigenvalue weighted by Crippen LogP contribution is -2.41. The number of carbonyl (C=O) groups excluding carboxylic acids is 1. The number of methoxy groups -OCH3 is 1. The first-order chi connectivity index (χ1) is 12.9. The number of hydrogen-bond acceptors (Lipinski definition) is 6. The van der Waals surface area contributed by atoms with E-state index in [2.05, 4.69) is 22.2 Å². The quantitative estimate of drug-likeness (QED) is 0.703. The van der Waals surface area contributed by atoms with Gasteiger partial charge in [0.25, 0.3) is 5.91 Å². The molecule has 7 heteroatoms. The van der Waals surface area contributed by atoms with Crippen molar-refractivity contribution in [3.8, 4) is 0 Å². The van der Waals surface area contributed by atoms with E-state index in [9.17, 15) is 9.90 Å². The minimum Gasteiger partial charge on any atom is -0.393 e. The largest absolute Gasteiger partial charge is 0.393 e. The summed E-state index contributed by atoms with van der Waals surface area (Å²) in [6.45, 7) is 2.18. The van der Waals surface area contributed by atoms with Gasteiger partial charge >= 0.3 is 0 Å². The van der Waals surface area contributed by atoms with Gasteiger partial charge in [-0.05, 0) is 64.2 Å². The summed E-state index contributed by atoms with van der Waals surface area (Å²) in [5.74, 6) is 0.367. The second kappa shape index (κ2) is 8.52. The van der Waals surface area contributed by atoms with Gasteiger partial charge in [-0.2, -0.15) is 0 Å². The predicted molar refractivity (Wildman–Crippen MR) is 104 cm³/mol. The van der Waals surface area contributed by atoms with Crippen LogP contribution in [-0.2, 0) is 11.2 Å². The van der Waals surface area contributed by atoms with Crippen LogP contribution in [0.15, 0.2) is 6.20 Å². The van der Waals surface area contributed by atoms with Crippen LogP contribution < -0.4 is 11.1 Å². The fourth-order valence-electron chi connectivity index (χ4n) is 4.42. The first-order valence-electron chi connectivity index (χ1n) is 10.0. The SMILES string of the molecule is COC1CCC(C)(Nc2ncc(C(N)=O)c(CC3CCC[C@H](O)C3)n2)CC1. The Hall–Kier alpha value is -1.73. The van der Waals surface area contributed by atoms with Crippen LogP contribution in [0.3, 0.4) is 0 Å². The maximum atomic E-state index is 11.8. The molecule has 2 saturated carbocycles. The highest BCUT2D eigenvalue weighted by Crippen LogP contribution is 2.32. The van der Waals surface area contributed by atoms with E-state index in [4.69, 9.17) is 10.5 Å². The van der Waals surface area contributed by atoms with Gasteiger partial charge in [-0.3, -0.25) is 4.79 Å². The van der Waals surface area contributed by atoms with Crippen LogP contribution in [0.5, 0.6) is 0 Å². The van der Waals surface area contributed by atoms with E-state index >= 15 is 0 Å². The second-order valence-corrected chi connectivity index (χ2v) is 8.43. The number of amides is 1. The molecule has 150 valence electrons. The predicted octanol–water partition coefficient (Wildman–Crippen LogP) is 2.43. The average Bonchev–Trinajstić information content (AvgIpc) is 2.62. The van der Waals surface area contributed by atoms with E-state index < -0.39 is 5.91 Å². The third kappa shape index (κ3) is 5.17. The summed E-state index contributed by atoms with van der Waals surface area (Å²) in [6, 6.07) is 0. The van der Waals surface area contributed by atoms with Gasteiger partial charge < -0.3 is 20.9 Å². The molecule has 1 aromatic heterocycles. The van der Waals surface area contributed by atoms with Crippen molar-refractivity contribution < 1.29 is 14.6 Å². The number of aliphatic hydroxyl groups excluding tert-OH is 1. The zero-order chi connectivity index (χ0) is 19.4. The van der Waals surface area contributed by atoms with Crippen molar-refractivity contribution in [1.29, 1.82) is 0 Å². The van der Waals surface area contributed by atoms with Gasteiger partial charge in [0.1, 0.15) is 0 Å². The molecule has 2 aliphatic carbocycles. The summed E-state index contributed by atoms with van der Waals surface area (Å²) in [5.41, 5.74) is 6.52. The number of nitrogens with two attached hydrogens (primary N) is 1. The maximum absolute atomic E-state index is 11.8. The number of rotatable bonds is 6. The van der Waals surface area contributed by atoms with Crippen LogP contribution in [0.2, 0.25) is 0 Å². The van der Waals surface area contributed by atoms with Crippen molar-refractivity contribution in [3.05, 3.63) is 17.5 Å². The molecular weight excluding hydrogens is 344 g/mol. The monoisotopic (exact) mass is 376 g/mol. The zero-order valence-corrected chi connectivity index (χ0v) is 16.4. The van der Waals surface area contributed by atoms with Crippen molar-refractivity contribution >= 4 is 11.9 Å². The lowest BCUT2D eigenvalue weighted by Gasteiger charge is -2.37. The summed E-state index contributed by atoms with van der Waals surface area (Å²) in [7, 11) is 1.76. The molecule has 0 saturated heterocycles.